The SMILES string of the molecule is CCCCCCN(C(=O)c1ccc(-c2ccc(OCCC3CO3)cc2)cc1)c1cccc(N(CCCCCC)C(=O)c2ccc(-c3ccc(OCCC4CO4)cc3)cc2)c1. The second-order valence-corrected chi connectivity index (χ2v) is 15.9. The zero-order valence-electron chi connectivity index (χ0n) is 35.4. The number of amides is 2. The van der Waals surface area contributed by atoms with Gasteiger partial charge in [0.15, 0.2) is 0 Å². The fourth-order valence-electron chi connectivity index (χ4n) is 7.41. The summed E-state index contributed by atoms with van der Waals surface area (Å²) in [6, 6.07) is 39.9. The van der Waals surface area contributed by atoms with E-state index < -0.39 is 0 Å². The van der Waals surface area contributed by atoms with Crippen molar-refractivity contribution in [2.45, 2.75) is 90.3 Å². The number of nitrogens with zero attached hydrogens (tertiary/aromatic N) is 2. The highest BCUT2D eigenvalue weighted by atomic mass is 16.6. The lowest BCUT2D eigenvalue weighted by Crippen LogP contribution is -2.34. The van der Waals surface area contributed by atoms with E-state index in [2.05, 4.69) is 38.1 Å². The Morgan fingerprint density at radius 3 is 1.23 bits per heavy atom. The fraction of sp³-hybridized carbons (Fsp3) is 0.385. The Morgan fingerprint density at radius 1 is 0.517 bits per heavy atom. The van der Waals surface area contributed by atoms with Crippen LogP contribution in [-0.4, -0.2) is 63.5 Å². The molecule has 2 aliphatic heterocycles. The summed E-state index contributed by atoms with van der Waals surface area (Å²) in [6.07, 6.45) is 10.8. The standard InChI is InChI=1S/C52H60N2O6/c1-3-5-7-9-32-53(51(55)43-18-14-39(15-19-43)41-22-26-47(27-23-41)57-34-30-49-37-59-49)45-12-11-13-46(36-45)54(33-10-8-6-4-2)52(56)44-20-16-40(17-21-44)42-24-28-48(29-25-42)58-35-31-50-38-60-50/h11-29,36,49-50H,3-10,30-35,37-38H2,1-2H3. The number of rotatable bonds is 24. The molecule has 8 heteroatoms. The Balaban J connectivity index is 1.06. The second-order valence-electron chi connectivity index (χ2n) is 15.9. The zero-order valence-corrected chi connectivity index (χ0v) is 35.4. The predicted molar refractivity (Wildman–Crippen MR) is 242 cm³/mol. The minimum atomic E-state index is -0.0533. The van der Waals surface area contributed by atoms with E-state index >= 15 is 0 Å². The maximum absolute atomic E-state index is 14.4. The van der Waals surface area contributed by atoms with Crippen molar-refractivity contribution in [3.05, 3.63) is 132 Å². The van der Waals surface area contributed by atoms with Gasteiger partial charge in [-0.3, -0.25) is 9.59 Å². The summed E-state index contributed by atoms with van der Waals surface area (Å²) < 4.78 is 22.3. The summed E-state index contributed by atoms with van der Waals surface area (Å²) in [4.78, 5) is 32.5. The molecule has 5 aromatic carbocycles. The molecule has 0 aliphatic carbocycles. The average Bonchev–Trinajstić information content (AvgIpc) is 4.25. The molecule has 0 radical (unpaired) electrons. The van der Waals surface area contributed by atoms with Crippen molar-refractivity contribution < 1.29 is 28.5 Å². The Bertz CT molecular complexity index is 1940. The number of ether oxygens (including phenoxy) is 4. The van der Waals surface area contributed by atoms with Crippen molar-refractivity contribution in [1.29, 1.82) is 0 Å². The predicted octanol–water partition coefficient (Wildman–Crippen LogP) is 11.8. The topological polar surface area (TPSA) is 84.1 Å². The molecule has 5 aromatic rings. The van der Waals surface area contributed by atoms with Crippen LogP contribution in [0.25, 0.3) is 22.3 Å². The van der Waals surface area contributed by atoms with Gasteiger partial charge in [-0.15, -0.1) is 0 Å². The van der Waals surface area contributed by atoms with Crippen molar-refractivity contribution in [3.8, 4) is 33.8 Å². The third-order valence-corrected chi connectivity index (χ3v) is 11.3. The van der Waals surface area contributed by atoms with Crippen LogP contribution in [0.4, 0.5) is 11.4 Å². The molecule has 0 bridgehead atoms. The molecule has 2 fully saturated rings. The highest BCUT2D eigenvalue weighted by Gasteiger charge is 2.24. The van der Waals surface area contributed by atoms with Gasteiger partial charge in [-0.2, -0.15) is 0 Å². The molecule has 0 saturated carbocycles. The third-order valence-electron chi connectivity index (χ3n) is 11.3. The van der Waals surface area contributed by atoms with Crippen LogP contribution in [0.5, 0.6) is 11.5 Å². The van der Waals surface area contributed by atoms with Gasteiger partial charge < -0.3 is 28.7 Å². The number of hydrogen-bond donors (Lipinski definition) is 0. The molecule has 2 aliphatic rings. The summed E-state index contributed by atoms with van der Waals surface area (Å²) in [6.45, 7) is 8.53. The molecular formula is C52H60N2O6. The van der Waals surface area contributed by atoms with Gasteiger partial charge in [-0.25, -0.2) is 0 Å². The molecule has 2 unspecified atom stereocenters. The van der Waals surface area contributed by atoms with Crippen LogP contribution in [0.15, 0.2) is 121 Å². The lowest BCUT2D eigenvalue weighted by Gasteiger charge is -2.27. The number of hydrogen-bond acceptors (Lipinski definition) is 6. The number of epoxide rings is 2. The minimum absolute atomic E-state index is 0.0533. The van der Waals surface area contributed by atoms with Crippen LogP contribution in [0, 0.1) is 0 Å². The first-order valence-electron chi connectivity index (χ1n) is 22.1. The van der Waals surface area contributed by atoms with Crippen molar-refractivity contribution in [1.82, 2.24) is 0 Å². The van der Waals surface area contributed by atoms with Crippen LogP contribution in [0.1, 0.15) is 98.8 Å². The molecule has 314 valence electrons. The number of benzene rings is 5. The highest BCUT2D eigenvalue weighted by Crippen LogP contribution is 2.30. The van der Waals surface area contributed by atoms with E-state index in [-0.39, 0.29) is 11.8 Å². The molecule has 60 heavy (non-hydrogen) atoms. The molecule has 0 N–H and O–H groups in total. The molecule has 7 rings (SSSR count). The summed E-state index contributed by atoms with van der Waals surface area (Å²) in [5.41, 5.74) is 7.01. The van der Waals surface area contributed by atoms with E-state index in [1.54, 1.807) is 0 Å². The summed E-state index contributed by atoms with van der Waals surface area (Å²) in [5.74, 6) is 1.57. The van der Waals surface area contributed by atoms with E-state index in [1.165, 1.54) is 0 Å². The lowest BCUT2D eigenvalue weighted by atomic mass is 10.0. The quantitative estimate of drug-likeness (QED) is 0.0456. The van der Waals surface area contributed by atoms with Crippen molar-refractivity contribution in [3.63, 3.8) is 0 Å². The van der Waals surface area contributed by atoms with Crippen LogP contribution in [0.3, 0.4) is 0 Å². The monoisotopic (exact) mass is 808 g/mol. The van der Waals surface area contributed by atoms with Gasteiger partial charge in [0, 0.05) is 48.4 Å². The molecule has 2 heterocycles. The number of unbranched alkanes of at least 4 members (excludes halogenated alkanes) is 6. The first kappa shape index (κ1) is 42.7. The van der Waals surface area contributed by atoms with E-state index in [1.807, 2.05) is 107 Å². The number of anilines is 2. The van der Waals surface area contributed by atoms with E-state index in [4.69, 9.17) is 18.9 Å². The van der Waals surface area contributed by atoms with Crippen molar-refractivity contribution in [2.75, 3.05) is 49.3 Å². The first-order chi connectivity index (χ1) is 29.5. The highest BCUT2D eigenvalue weighted by molar-refractivity contribution is 6.08. The van der Waals surface area contributed by atoms with Gasteiger partial charge in [-0.1, -0.05) is 107 Å². The van der Waals surface area contributed by atoms with E-state index in [9.17, 15) is 9.59 Å². The molecule has 0 aromatic heterocycles. The smallest absolute Gasteiger partial charge is 0.258 e. The van der Waals surface area contributed by atoms with Crippen LogP contribution < -0.4 is 19.3 Å². The Morgan fingerprint density at radius 2 is 0.883 bits per heavy atom. The molecule has 2 amide bonds. The van der Waals surface area contributed by atoms with Gasteiger partial charge in [0.05, 0.1) is 38.6 Å². The van der Waals surface area contributed by atoms with Gasteiger partial charge in [0.25, 0.3) is 11.8 Å². The van der Waals surface area contributed by atoms with Crippen molar-refractivity contribution in [2.24, 2.45) is 0 Å². The molecule has 2 atom stereocenters. The number of carbonyl (C=O) groups is 2. The molecule has 0 spiro atoms. The largest absolute Gasteiger partial charge is 0.493 e. The Kier molecular flexibility index (Phi) is 15.4. The van der Waals surface area contributed by atoms with E-state index in [0.717, 1.165) is 123 Å². The minimum Gasteiger partial charge on any atom is -0.493 e. The van der Waals surface area contributed by atoms with Gasteiger partial charge >= 0.3 is 0 Å². The van der Waals surface area contributed by atoms with Crippen LogP contribution in [0.2, 0.25) is 0 Å². The third kappa shape index (κ3) is 12.3. The fourth-order valence-corrected chi connectivity index (χ4v) is 7.41. The molecule has 2 saturated heterocycles. The Hall–Kier alpha value is -5.44. The van der Waals surface area contributed by atoms with E-state index in [0.29, 0.717) is 49.6 Å². The van der Waals surface area contributed by atoms with Crippen LogP contribution in [-0.2, 0) is 9.47 Å². The zero-order chi connectivity index (χ0) is 41.5. The first-order valence-corrected chi connectivity index (χ1v) is 22.1. The maximum Gasteiger partial charge on any atom is 0.258 e. The second kappa shape index (κ2) is 21.7. The summed E-state index contributed by atoms with van der Waals surface area (Å²) >= 11 is 0. The summed E-state index contributed by atoms with van der Waals surface area (Å²) in [5, 5.41) is 0. The normalized spacial score (nSPS) is 15.3. The van der Waals surface area contributed by atoms with Gasteiger partial charge in [-0.05, 0) is 102 Å². The van der Waals surface area contributed by atoms with Crippen molar-refractivity contribution >= 4 is 23.2 Å². The molecular weight excluding hydrogens is 749 g/mol. The lowest BCUT2D eigenvalue weighted by molar-refractivity contribution is 0.0980. The van der Waals surface area contributed by atoms with Crippen LogP contribution >= 0.6 is 0 Å². The Labute approximate surface area is 356 Å². The number of carbonyl (C=O) groups excluding carboxylic acids is 2. The summed E-state index contributed by atoms with van der Waals surface area (Å²) in [7, 11) is 0. The van der Waals surface area contributed by atoms with Gasteiger partial charge in [0.2, 0.25) is 0 Å². The molecule has 8 nitrogen and oxygen atoms in total. The maximum atomic E-state index is 14.4. The average molecular weight is 809 g/mol. The van der Waals surface area contributed by atoms with Gasteiger partial charge in [0.1, 0.15) is 11.5 Å².